The average Bonchev–Trinajstić information content (AvgIpc) is 2.65. The molecule has 0 saturated heterocycles. The average molecular weight is 229 g/mol. The summed E-state index contributed by atoms with van der Waals surface area (Å²) in [6.45, 7) is 5.30. The minimum atomic E-state index is -0.0726. The number of aliphatic hydroxyl groups is 1. The summed E-state index contributed by atoms with van der Waals surface area (Å²) < 4.78 is 5.25. The highest BCUT2D eigenvalue weighted by molar-refractivity contribution is 4.90. The Hall–Kier alpha value is -0.120. The molecule has 16 heavy (non-hydrogen) atoms. The van der Waals surface area contributed by atoms with Crippen LogP contribution in [0.25, 0.3) is 0 Å². The molecule has 0 radical (unpaired) electrons. The number of hydrogen-bond acceptors (Lipinski definition) is 3. The fraction of sp³-hybridized carbons (Fsp3) is 1.00. The first kappa shape index (κ1) is 13.9. The SMILES string of the molecule is CCC1CCC(NC(C)(CCO)COC)C1. The summed E-state index contributed by atoms with van der Waals surface area (Å²) in [4.78, 5) is 0. The maximum Gasteiger partial charge on any atom is 0.0642 e. The lowest BCUT2D eigenvalue weighted by Crippen LogP contribution is -2.51. The third-order valence-electron chi connectivity index (χ3n) is 3.80. The molecule has 96 valence electrons. The summed E-state index contributed by atoms with van der Waals surface area (Å²) in [5.74, 6) is 0.887. The normalized spacial score (nSPS) is 29.2. The van der Waals surface area contributed by atoms with Crippen molar-refractivity contribution < 1.29 is 9.84 Å². The van der Waals surface area contributed by atoms with E-state index >= 15 is 0 Å². The van der Waals surface area contributed by atoms with Gasteiger partial charge in [0.05, 0.1) is 6.61 Å². The van der Waals surface area contributed by atoms with Gasteiger partial charge in [0.2, 0.25) is 0 Å². The van der Waals surface area contributed by atoms with Crippen LogP contribution in [0.15, 0.2) is 0 Å². The summed E-state index contributed by atoms with van der Waals surface area (Å²) >= 11 is 0. The van der Waals surface area contributed by atoms with E-state index in [-0.39, 0.29) is 12.1 Å². The lowest BCUT2D eigenvalue weighted by Gasteiger charge is -2.33. The van der Waals surface area contributed by atoms with E-state index in [1.54, 1.807) is 7.11 Å². The second-order valence-corrected chi connectivity index (χ2v) is 5.40. The summed E-state index contributed by atoms with van der Waals surface area (Å²) in [7, 11) is 1.72. The van der Waals surface area contributed by atoms with Crippen molar-refractivity contribution in [3.63, 3.8) is 0 Å². The highest BCUT2D eigenvalue weighted by Crippen LogP contribution is 2.29. The van der Waals surface area contributed by atoms with E-state index < -0.39 is 0 Å². The standard InChI is InChI=1S/C13H27NO2/c1-4-11-5-6-12(9-11)14-13(2,7-8-15)10-16-3/h11-12,14-15H,4-10H2,1-3H3. The topological polar surface area (TPSA) is 41.5 Å². The molecule has 3 unspecified atom stereocenters. The minimum Gasteiger partial charge on any atom is -0.396 e. The van der Waals surface area contributed by atoms with E-state index in [1.807, 2.05) is 0 Å². The maximum absolute atomic E-state index is 9.11. The summed E-state index contributed by atoms with van der Waals surface area (Å²) in [5, 5.41) is 12.8. The first-order valence-electron chi connectivity index (χ1n) is 6.51. The molecule has 1 rings (SSSR count). The van der Waals surface area contributed by atoms with Gasteiger partial charge < -0.3 is 15.2 Å². The minimum absolute atomic E-state index is 0.0726. The van der Waals surface area contributed by atoms with Crippen molar-refractivity contribution in [1.29, 1.82) is 0 Å². The molecule has 3 heteroatoms. The lowest BCUT2D eigenvalue weighted by atomic mass is 9.97. The fourth-order valence-corrected chi connectivity index (χ4v) is 2.82. The first-order chi connectivity index (χ1) is 7.63. The Morgan fingerprint density at radius 3 is 2.69 bits per heavy atom. The van der Waals surface area contributed by atoms with Gasteiger partial charge in [0.25, 0.3) is 0 Å². The molecule has 0 amide bonds. The number of methoxy groups -OCH3 is 1. The molecule has 0 bridgehead atoms. The van der Waals surface area contributed by atoms with Gasteiger partial charge in [0.15, 0.2) is 0 Å². The molecule has 1 saturated carbocycles. The second kappa shape index (κ2) is 6.58. The van der Waals surface area contributed by atoms with Crippen LogP contribution in [-0.2, 0) is 4.74 Å². The molecule has 1 aliphatic carbocycles. The van der Waals surface area contributed by atoms with Gasteiger partial charge in [0.1, 0.15) is 0 Å². The zero-order valence-electron chi connectivity index (χ0n) is 11.0. The Labute approximate surface area is 99.6 Å². The van der Waals surface area contributed by atoms with Gasteiger partial charge in [-0.1, -0.05) is 13.3 Å². The number of hydrogen-bond donors (Lipinski definition) is 2. The molecule has 0 aromatic heterocycles. The van der Waals surface area contributed by atoms with Crippen molar-refractivity contribution in [3.8, 4) is 0 Å². The van der Waals surface area contributed by atoms with Crippen LogP contribution < -0.4 is 5.32 Å². The van der Waals surface area contributed by atoms with Gasteiger partial charge >= 0.3 is 0 Å². The molecule has 3 atom stereocenters. The molecule has 0 spiro atoms. The predicted octanol–water partition coefficient (Wildman–Crippen LogP) is 1.94. The Kier molecular flexibility index (Phi) is 5.73. The van der Waals surface area contributed by atoms with Gasteiger partial charge in [-0.2, -0.15) is 0 Å². The van der Waals surface area contributed by atoms with E-state index in [0.29, 0.717) is 12.6 Å². The maximum atomic E-state index is 9.11. The quantitative estimate of drug-likeness (QED) is 0.701. The lowest BCUT2D eigenvalue weighted by molar-refractivity contribution is 0.0898. The molecular weight excluding hydrogens is 202 g/mol. The fourth-order valence-electron chi connectivity index (χ4n) is 2.82. The van der Waals surface area contributed by atoms with Crippen LogP contribution in [0.4, 0.5) is 0 Å². The highest BCUT2D eigenvalue weighted by atomic mass is 16.5. The molecule has 1 aliphatic rings. The van der Waals surface area contributed by atoms with E-state index in [0.717, 1.165) is 12.3 Å². The highest BCUT2D eigenvalue weighted by Gasteiger charge is 2.31. The monoisotopic (exact) mass is 229 g/mol. The van der Waals surface area contributed by atoms with Crippen molar-refractivity contribution in [3.05, 3.63) is 0 Å². The van der Waals surface area contributed by atoms with Crippen molar-refractivity contribution >= 4 is 0 Å². The van der Waals surface area contributed by atoms with Crippen LogP contribution >= 0.6 is 0 Å². The molecule has 0 aliphatic heterocycles. The van der Waals surface area contributed by atoms with Crippen molar-refractivity contribution in [2.75, 3.05) is 20.3 Å². The molecule has 0 aromatic rings. The molecule has 3 nitrogen and oxygen atoms in total. The molecule has 0 aromatic carbocycles. The van der Waals surface area contributed by atoms with Crippen LogP contribution in [0.2, 0.25) is 0 Å². The Balaban J connectivity index is 2.42. The number of aliphatic hydroxyl groups excluding tert-OH is 1. The number of rotatable bonds is 7. The zero-order chi connectivity index (χ0) is 12.0. The third-order valence-corrected chi connectivity index (χ3v) is 3.80. The van der Waals surface area contributed by atoms with Gasteiger partial charge in [-0.25, -0.2) is 0 Å². The van der Waals surface area contributed by atoms with Crippen LogP contribution in [0.5, 0.6) is 0 Å². The van der Waals surface area contributed by atoms with Gasteiger partial charge in [-0.05, 0) is 38.5 Å². The van der Waals surface area contributed by atoms with Gasteiger partial charge in [-0.3, -0.25) is 0 Å². The van der Waals surface area contributed by atoms with Crippen LogP contribution in [0.3, 0.4) is 0 Å². The summed E-state index contributed by atoms with van der Waals surface area (Å²) in [6.07, 6.45) is 5.94. The van der Waals surface area contributed by atoms with Crippen molar-refractivity contribution in [2.24, 2.45) is 5.92 Å². The molecular formula is C13H27NO2. The summed E-state index contributed by atoms with van der Waals surface area (Å²) in [6, 6.07) is 0.608. The zero-order valence-corrected chi connectivity index (χ0v) is 11.0. The second-order valence-electron chi connectivity index (χ2n) is 5.40. The molecule has 1 fully saturated rings. The van der Waals surface area contributed by atoms with E-state index in [2.05, 4.69) is 19.2 Å². The Morgan fingerprint density at radius 1 is 1.44 bits per heavy atom. The largest absolute Gasteiger partial charge is 0.396 e. The van der Waals surface area contributed by atoms with Gasteiger partial charge in [0, 0.05) is 25.3 Å². The Bertz CT molecular complexity index is 190. The van der Waals surface area contributed by atoms with E-state index in [1.165, 1.54) is 25.7 Å². The smallest absolute Gasteiger partial charge is 0.0642 e. The third kappa shape index (κ3) is 4.04. The first-order valence-corrected chi connectivity index (χ1v) is 6.51. The van der Waals surface area contributed by atoms with Crippen molar-refractivity contribution in [2.45, 2.75) is 57.5 Å². The van der Waals surface area contributed by atoms with Gasteiger partial charge in [-0.15, -0.1) is 0 Å². The molecule has 2 N–H and O–H groups in total. The predicted molar refractivity (Wildman–Crippen MR) is 66.5 cm³/mol. The van der Waals surface area contributed by atoms with E-state index in [4.69, 9.17) is 9.84 Å². The van der Waals surface area contributed by atoms with Crippen LogP contribution in [-0.4, -0.2) is 37.0 Å². The number of ether oxygens (including phenoxy) is 1. The van der Waals surface area contributed by atoms with E-state index in [9.17, 15) is 0 Å². The Morgan fingerprint density at radius 2 is 2.19 bits per heavy atom. The van der Waals surface area contributed by atoms with Crippen LogP contribution in [0, 0.1) is 5.92 Å². The summed E-state index contributed by atoms with van der Waals surface area (Å²) in [5.41, 5.74) is -0.0726. The number of nitrogens with one attached hydrogen (secondary N) is 1. The van der Waals surface area contributed by atoms with Crippen molar-refractivity contribution in [1.82, 2.24) is 5.32 Å². The molecule has 0 heterocycles. The van der Waals surface area contributed by atoms with Crippen LogP contribution in [0.1, 0.15) is 46.0 Å².